The number of quaternary nitrogens is 1. The van der Waals surface area contributed by atoms with Crippen LogP contribution in [-0.2, 0) is 4.74 Å². The maximum absolute atomic E-state index is 5.84. The molecule has 0 saturated carbocycles. The number of hydrogen-bond acceptors (Lipinski definition) is 6. The molecule has 1 heterocycles. The SMILES string of the molecule is C.CCN(CCCOCCNCCN1CCOc2cc(N)ccc21)CC[NH+](C)C. The third-order valence-corrected chi connectivity index (χ3v) is 5.06. The Bertz CT molecular complexity index is 556. The molecule has 1 aliphatic heterocycles. The number of fused-ring (bicyclic) bond motifs is 1. The van der Waals surface area contributed by atoms with Gasteiger partial charge in [-0.2, -0.15) is 0 Å². The summed E-state index contributed by atoms with van der Waals surface area (Å²) in [6.07, 6.45) is 1.10. The number of hydrogen-bond donors (Lipinski definition) is 3. The van der Waals surface area contributed by atoms with Crippen molar-refractivity contribution in [3.05, 3.63) is 18.2 Å². The van der Waals surface area contributed by atoms with Gasteiger partial charge in [0.2, 0.25) is 0 Å². The van der Waals surface area contributed by atoms with Crippen molar-refractivity contribution in [2.45, 2.75) is 20.8 Å². The summed E-state index contributed by atoms with van der Waals surface area (Å²) in [5.41, 5.74) is 7.72. The Balaban J connectivity index is 0.00000420. The molecular weight excluding hydrogens is 366 g/mol. The molecule has 29 heavy (non-hydrogen) atoms. The van der Waals surface area contributed by atoms with E-state index in [-0.39, 0.29) is 7.43 Å². The number of anilines is 2. The highest BCUT2D eigenvalue weighted by Gasteiger charge is 2.17. The van der Waals surface area contributed by atoms with Crippen LogP contribution < -0.4 is 25.6 Å². The van der Waals surface area contributed by atoms with E-state index in [1.165, 1.54) is 11.4 Å². The highest BCUT2D eigenvalue weighted by Crippen LogP contribution is 2.32. The fourth-order valence-corrected chi connectivity index (χ4v) is 3.31. The lowest BCUT2D eigenvalue weighted by molar-refractivity contribution is -0.857. The first-order valence-electron chi connectivity index (χ1n) is 10.7. The van der Waals surface area contributed by atoms with Crippen molar-refractivity contribution in [2.24, 2.45) is 0 Å². The molecule has 0 unspecified atom stereocenters. The number of nitrogens with one attached hydrogen (secondary N) is 2. The molecule has 0 aliphatic carbocycles. The molecule has 0 spiro atoms. The van der Waals surface area contributed by atoms with Gasteiger partial charge >= 0.3 is 0 Å². The second-order valence-electron chi connectivity index (χ2n) is 7.67. The van der Waals surface area contributed by atoms with Gasteiger partial charge in [-0.15, -0.1) is 0 Å². The number of benzene rings is 1. The normalized spacial score (nSPS) is 13.3. The van der Waals surface area contributed by atoms with Gasteiger partial charge in [-0.1, -0.05) is 14.4 Å². The third-order valence-electron chi connectivity index (χ3n) is 5.06. The lowest BCUT2D eigenvalue weighted by atomic mass is 10.2. The average Bonchev–Trinajstić information content (AvgIpc) is 2.68. The molecule has 0 bridgehead atoms. The lowest BCUT2D eigenvalue weighted by Gasteiger charge is -2.31. The molecule has 0 atom stereocenters. The minimum Gasteiger partial charge on any atom is -0.489 e. The number of nitrogens with two attached hydrogens (primary N) is 1. The Morgan fingerprint density at radius 2 is 2.07 bits per heavy atom. The highest BCUT2D eigenvalue weighted by atomic mass is 16.5. The van der Waals surface area contributed by atoms with E-state index in [2.05, 4.69) is 36.1 Å². The summed E-state index contributed by atoms with van der Waals surface area (Å²) in [5, 5.41) is 3.47. The van der Waals surface area contributed by atoms with Crippen molar-refractivity contribution < 1.29 is 14.4 Å². The van der Waals surface area contributed by atoms with Crippen LogP contribution in [0, 0.1) is 0 Å². The van der Waals surface area contributed by atoms with Crippen LogP contribution in [0.4, 0.5) is 11.4 Å². The zero-order chi connectivity index (χ0) is 20.2. The van der Waals surface area contributed by atoms with E-state index in [1.807, 2.05) is 18.2 Å². The molecule has 7 heteroatoms. The largest absolute Gasteiger partial charge is 0.489 e. The van der Waals surface area contributed by atoms with E-state index in [4.69, 9.17) is 15.2 Å². The van der Waals surface area contributed by atoms with Gasteiger partial charge in [0.1, 0.15) is 12.4 Å². The molecule has 0 radical (unpaired) electrons. The molecule has 1 aromatic carbocycles. The van der Waals surface area contributed by atoms with Gasteiger partial charge in [-0.05, 0) is 25.1 Å². The minimum atomic E-state index is 0. The highest BCUT2D eigenvalue weighted by molar-refractivity contribution is 5.65. The van der Waals surface area contributed by atoms with E-state index in [1.54, 1.807) is 0 Å². The molecule has 0 aromatic heterocycles. The van der Waals surface area contributed by atoms with Crippen molar-refractivity contribution in [1.82, 2.24) is 10.2 Å². The van der Waals surface area contributed by atoms with Crippen LogP contribution >= 0.6 is 0 Å². The van der Waals surface area contributed by atoms with E-state index < -0.39 is 0 Å². The van der Waals surface area contributed by atoms with E-state index in [9.17, 15) is 0 Å². The van der Waals surface area contributed by atoms with Crippen LogP contribution in [0.15, 0.2) is 18.2 Å². The molecular formula is C22H44N5O2+. The molecule has 4 N–H and O–H groups in total. The fraction of sp³-hybridized carbons (Fsp3) is 0.727. The zero-order valence-electron chi connectivity index (χ0n) is 18.0. The van der Waals surface area contributed by atoms with Gasteiger partial charge in [-0.3, -0.25) is 4.90 Å². The number of rotatable bonds is 14. The quantitative estimate of drug-likeness (QED) is 0.308. The summed E-state index contributed by atoms with van der Waals surface area (Å²) in [6.45, 7) is 12.8. The van der Waals surface area contributed by atoms with E-state index >= 15 is 0 Å². The molecule has 0 saturated heterocycles. The van der Waals surface area contributed by atoms with E-state index in [0.29, 0.717) is 6.61 Å². The summed E-state index contributed by atoms with van der Waals surface area (Å²) >= 11 is 0. The molecule has 7 nitrogen and oxygen atoms in total. The minimum absolute atomic E-state index is 0. The second kappa shape index (κ2) is 14.4. The standard InChI is InChI=1S/C21H39N5O2.CH4/c1-4-25(13-12-24(2)3)10-5-15-27-16-9-23-8-11-26-14-17-28-21-18-19(22)6-7-20(21)26;/h6-7,18,23H,4-5,8-17,22H2,1-3H3;1H4/p+1. The van der Waals surface area contributed by atoms with Gasteiger partial charge in [0.15, 0.2) is 0 Å². The predicted octanol–water partition coefficient (Wildman–Crippen LogP) is 0.566. The number of nitrogens with zero attached hydrogens (tertiary/aromatic N) is 2. The van der Waals surface area contributed by atoms with Gasteiger partial charge in [0.25, 0.3) is 0 Å². The van der Waals surface area contributed by atoms with Crippen LogP contribution in [0.2, 0.25) is 0 Å². The van der Waals surface area contributed by atoms with Crippen LogP contribution in [-0.4, -0.2) is 91.2 Å². The lowest BCUT2D eigenvalue weighted by Crippen LogP contribution is -3.06. The van der Waals surface area contributed by atoms with Crippen molar-refractivity contribution in [1.29, 1.82) is 0 Å². The van der Waals surface area contributed by atoms with Crippen molar-refractivity contribution in [3.8, 4) is 5.75 Å². The monoisotopic (exact) mass is 410 g/mol. The van der Waals surface area contributed by atoms with Crippen molar-refractivity contribution in [2.75, 3.05) is 96.9 Å². The number of nitrogen functional groups attached to an aromatic ring is 1. The maximum atomic E-state index is 5.84. The molecule has 0 amide bonds. The summed E-state index contributed by atoms with van der Waals surface area (Å²) in [6, 6.07) is 5.89. The Morgan fingerprint density at radius 1 is 1.24 bits per heavy atom. The summed E-state index contributed by atoms with van der Waals surface area (Å²) < 4.78 is 11.5. The molecule has 1 aromatic rings. The van der Waals surface area contributed by atoms with Gasteiger partial charge in [0.05, 0.1) is 39.5 Å². The molecule has 1 aliphatic rings. The Morgan fingerprint density at radius 3 is 2.83 bits per heavy atom. The zero-order valence-corrected chi connectivity index (χ0v) is 18.0. The molecule has 2 rings (SSSR count). The average molecular weight is 411 g/mol. The van der Waals surface area contributed by atoms with Crippen LogP contribution in [0.3, 0.4) is 0 Å². The summed E-state index contributed by atoms with van der Waals surface area (Å²) in [4.78, 5) is 6.36. The molecule has 168 valence electrons. The fourth-order valence-electron chi connectivity index (χ4n) is 3.31. The van der Waals surface area contributed by atoms with Crippen molar-refractivity contribution in [3.63, 3.8) is 0 Å². The predicted molar refractivity (Wildman–Crippen MR) is 123 cm³/mol. The maximum Gasteiger partial charge on any atom is 0.144 e. The molecule has 0 fully saturated rings. The smallest absolute Gasteiger partial charge is 0.144 e. The van der Waals surface area contributed by atoms with Crippen LogP contribution in [0.25, 0.3) is 0 Å². The number of likely N-dealkylation sites (N-methyl/N-ethyl adjacent to an activating group) is 2. The van der Waals surface area contributed by atoms with Gasteiger partial charge < -0.3 is 30.3 Å². The Kier molecular flexibility index (Phi) is 12.7. The first kappa shape index (κ1) is 25.5. The van der Waals surface area contributed by atoms with Crippen LogP contribution in [0.5, 0.6) is 5.75 Å². The second-order valence-corrected chi connectivity index (χ2v) is 7.67. The van der Waals surface area contributed by atoms with Crippen molar-refractivity contribution >= 4 is 11.4 Å². The summed E-state index contributed by atoms with van der Waals surface area (Å²) in [7, 11) is 4.41. The topological polar surface area (TPSA) is 67.4 Å². The Hall–Kier alpha value is -1.54. The first-order chi connectivity index (χ1) is 13.6. The first-order valence-corrected chi connectivity index (χ1v) is 10.7. The number of ether oxygens (including phenoxy) is 2. The third kappa shape index (κ3) is 9.67. The van der Waals surface area contributed by atoms with E-state index in [0.717, 1.165) is 82.6 Å². The Labute approximate surface area is 178 Å². The van der Waals surface area contributed by atoms with Gasteiger partial charge in [0, 0.05) is 51.1 Å². The summed E-state index contributed by atoms with van der Waals surface area (Å²) in [5.74, 6) is 0.891. The van der Waals surface area contributed by atoms with Gasteiger partial charge in [-0.25, -0.2) is 0 Å². The van der Waals surface area contributed by atoms with Crippen LogP contribution in [0.1, 0.15) is 20.8 Å².